The Morgan fingerprint density at radius 2 is 1.61 bits per heavy atom. The van der Waals surface area contributed by atoms with E-state index in [0.717, 1.165) is 57.2 Å². The van der Waals surface area contributed by atoms with Gasteiger partial charge < -0.3 is 10.0 Å². The van der Waals surface area contributed by atoms with Crippen molar-refractivity contribution in [3.05, 3.63) is 71.8 Å². The second-order valence-corrected chi connectivity index (χ2v) is 9.64. The van der Waals surface area contributed by atoms with E-state index in [1.807, 2.05) is 24.3 Å². The molecular weight excluding hydrogens is 384 g/mol. The van der Waals surface area contributed by atoms with Crippen LogP contribution in [0.2, 0.25) is 0 Å². The number of amides is 1. The van der Waals surface area contributed by atoms with Gasteiger partial charge in [-0.3, -0.25) is 9.69 Å². The fraction of sp³-hybridized carbons (Fsp3) is 0.519. The molecule has 5 rings (SSSR count). The van der Waals surface area contributed by atoms with E-state index in [-0.39, 0.29) is 18.0 Å². The Kier molecular flexibility index (Phi) is 5.85. The normalized spacial score (nSPS) is 31.4. The molecule has 2 aromatic rings. The SMILES string of the molecule is O=C([C@@H]1CCCN1Cc1ccccc1)N1CC[C@](O)(c2ccccc2)[C@H]2CCCC[C@H]21. The van der Waals surface area contributed by atoms with Gasteiger partial charge in [0, 0.05) is 25.0 Å². The van der Waals surface area contributed by atoms with Gasteiger partial charge in [-0.25, -0.2) is 0 Å². The number of piperidine rings is 1. The van der Waals surface area contributed by atoms with Crippen LogP contribution in [-0.2, 0) is 16.9 Å². The first-order valence-corrected chi connectivity index (χ1v) is 12.0. The van der Waals surface area contributed by atoms with E-state index in [4.69, 9.17) is 0 Å². The number of aliphatic hydroxyl groups is 1. The maximum Gasteiger partial charge on any atom is 0.240 e. The van der Waals surface area contributed by atoms with Crippen LogP contribution in [0.3, 0.4) is 0 Å². The molecule has 0 spiro atoms. The molecule has 3 aliphatic rings. The van der Waals surface area contributed by atoms with Crippen LogP contribution in [0.1, 0.15) is 56.1 Å². The number of likely N-dealkylation sites (tertiary alicyclic amines) is 2. The standard InChI is InChI=1S/C27H34N2O2/c30-26(25-16-9-18-28(25)20-21-10-3-1-4-11-21)29-19-17-27(31,22-12-5-2-6-13-22)23-14-7-8-15-24(23)29/h1-6,10-13,23-25,31H,7-9,14-20H2/t23-,24+,25-,27-/m0/s1. The Labute approximate surface area is 185 Å². The number of nitrogens with zero attached hydrogens (tertiary/aromatic N) is 2. The summed E-state index contributed by atoms with van der Waals surface area (Å²) in [6.45, 7) is 2.48. The van der Waals surface area contributed by atoms with Crippen molar-refractivity contribution < 1.29 is 9.90 Å². The summed E-state index contributed by atoms with van der Waals surface area (Å²) in [6.07, 6.45) is 6.96. The molecular formula is C27H34N2O2. The molecule has 0 aromatic heterocycles. The average molecular weight is 419 g/mol. The Bertz CT molecular complexity index is 887. The van der Waals surface area contributed by atoms with Gasteiger partial charge in [0.25, 0.3) is 0 Å². The van der Waals surface area contributed by atoms with Crippen LogP contribution in [0.5, 0.6) is 0 Å². The zero-order valence-corrected chi connectivity index (χ0v) is 18.3. The van der Waals surface area contributed by atoms with Crippen LogP contribution in [-0.4, -0.2) is 46.0 Å². The summed E-state index contributed by atoms with van der Waals surface area (Å²) < 4.78 is 0. The third-order valence-electron chi connectivity index (χ3n) is 7.91. The number of carbonyl (C=O) groups excluding carboxylic acids is 1. The number of fused-ring (bicyclic) bond motifs is 1. The molecule has 1 amide bonds. The van der Waals surface area contributed by atoms with E-state index < -0.39 is 5.60 Å². The minimum Gasteiger partial charge on any atom is -0.385 e. The lowest BCUT2D eigenvalue weighted by atomic mass is 9.66. The lowest BCUT2D eigenvalue weighted by Crippen LogP contribution is -2.61. The van der Waals surface area contributed by atoms with Crippen LogP contribution >= 0.6 is 0 Å². The smallest absolute Gasteiger partial charge is 0.240 e. The van der Waals surface area contributed by atoms with E-state index in [1.165, 1.54) is 5.56 Å². The van der Waals surface area contributed by atoms with Gasteiger partial charge >= 0.3 is 0 Å². The Morgan fingerprint density at radius 3 is 2.39 bits per heavy atom. The summed E-state index contributed by atoms with van der Waals surface area (Å²) in [5, 5.41) is 11.8. The first-order valence-electron chi connectivity index (χ1n) is 12.0. The molecule has 2 saturated heterocycles. The molecule has 1 saturated carbocycles. The van der Waals surface area contributed by atoms with Crippen molar-refractivity contribution in [2.45, 2.75) is 69.2 Å². The van der Waals surface area contributed by atoms with Crippen molar-refractivity contribution in [1.29, 1.82) is 0 Å². The van der Waals surface area contributed by atoms with Crippen molar-refractivity contribution in [3.8, 4) is 0 Å². The highest BCUT2D eigenvalue weighted by atomic mass is 16.3. The highest BCUT2D eigenvalue weighted by molar-refractivity contribution is 5.82. The van der Waals surface area contributed by atoms with Gasteiger partial charge in [0.05, 0.1) is 11.6 Å². The predicted octanol–water partition coefficient (Wildman–Crippen LogP) is 4.33. The summed E-state index contributed by atoms with van der Waals surface area (Å²) in [6, 6.07) is 20.8. The first kappa shape index (κ1) is 20.7. The zero-order valence-electron chi connectivity index (χ0n) is 18.3. The van der Waals surface area contributed by atoms with Gasteiger partial charge in [0.1, 0.15) is 0 Å². The molecule has 2 aliphatic heterocycles. The summed E-state index contributed by atoms with van der Waals surface area (Å²) in [7, 11) is 0. The van der Waals surface area contributed by atoms with Crippen LogP contribution in [0.15, 0.2) is 60.7 Å². The van der Waals surface area contributed by atoms with Crippen molar-refractivity contribution in [3.63, 3.8) is 0 Å². The molecule has 1 aliphatic carbocycles. The van der Waals surface area contributed by atoms with E-state index in [0.29, 0.717) is 18.9 Å². The topological polar surface area (TPSA) is 43.8 Å². The molecule has 4 atom stereocenters. The van der Waals surface area contributed by atoms with Crippen LogP contribution in [0.25, 0.3) is 0 Å². The van der Waals surface area contributed by atoms with Crippen LogP contribution in [0, 0.1) is 5.92 Å². The minimum atomic E-state index is -0.817. The molecule has 1 N–H and O–H groups in total. The maximum absolute atomic E-state index is 13.8. The molecule has 3 fully saturated rings. The summed E-state index contributed by atoms with van der Waals surface area (Å²) in [5.74, 6) is 0.422. The van der Waals surface area contributed by atoms with Gasteiger partial charge in [0.2, 0.25) is 5.91 Å². The summed E-state index contributed by atoms with van der Waals surface area (Å²) in [4.78, 5) is 18.3. The second-order valence-electron chi connectivity index (χ2n) is 9.64. The van der Waals surface area contributed by atoms with E-state index in [2.05, 4.69) is 46.2 Å². The van der Waals surface area contributed by atoms with Gasteiger partial charge in [-0.05, 0) is 49.8 Å². The third kappa shape index (κ3) is 3.92. The second kappa shape index (κ2) is 8.76. The van der Waals surface area contributed by atoms with Crippen LogP contribution in [0.4, 0.5) is 0 Å². The number of rotatable bonds is 4. The lowest BCUT2D eigenvalue weighted by Gasteiger charge is -2.53. The molecule has 2 aromatic carbocycles. The summed E-state index contributed by atoms with van der Waals surface area (Å²) in [5.41, 5.74) is 1.48. The van der Waals surface area contributed by atoms with Crippen molar-refractivity contribution in [2.75, 3.05) is 13.1 Å². The molecule has 31 heavy (non-hydrogen) atoms. The van der Waals surface area contributed by atoms with E-state index in [9.17, 15) is 9.90 Å². The quantitative estimate of drug-likeness (QED) is 0.804. The van der Waals surface area contributed by atoms with Gasteiger partial charge in [-0.15, -0.1) is 0 Å². The van der Waals surface area contributed by atoms with Crippen molar-refractivity contribution >= 4 is 5.91 Å². The van der Waals surface area contributed by atoms with Gasteiger partial charge in [-0.1, -0.05) is 73.5 Å². The largest absolute Gasteiger partial charge is 0.385 e. The van der Waals surface area contributed by atoms with Gasteiger partial charge in [-0.2, -0.15) is 0 Å². The maximum atomic E-state index is 13.8. The number of carbonyl (C=O) groups is 1. The summed E-state index contributed by atoms with van der Waals surface area (Å²) >= 11 is 0. The first-order chi connectivity index (χ1) is 15.2. The molecule has 164 valence electrons. The molecule has 4 nitrogen and oxygen atoms in total. The number of benzene rings is 2. The predicted molar refractivity (Wildman–Crippen MR) is 122 cm³/mol. The van der Waals surface area contributed by atoms with Gasteiger partial charge in [0.15, 0.2) is 0 Å². The fourth-order valence-corrected chi connectivity index (χ4v) is 6.35. The lowest BCUT2D eigenvalue weighted by molar-refractivity contribution is -0.159. The molecule has 0 radical (unpaired) electrons. The molecule has 0 bridgehead atoms. The number of hydrogen-bond donors (Lipinski definition) is 1. The highest BCUT2D eigenvalue weighted by Gasteiger charge is 2.51. The Balaban J connectivity index is 1.36. The molecule has 2 heterocycles. The van der Waals surface area contributed by atoms with E-state index >= 15 is 0 Å². The number of hydrogen-bond acceptors (Lipinski definition) is 3. The van der Waals surface area contributed by atoms with Crippen molar-refractivity contribution in [1.82, 2.24) is 9.80 Å². The van der Waals surface area contributed by atoms with Crippen molar-refractivity contribution in [2.24, 2.45) is 5.92 Å². The monoisotopic (exact) mass is 418 g/mol. The van der Waals surface area contributed by atoms with E-state index in [1.54, 1.807) is 0 Å². The molecule has 0 unspecified atom stereocenters. The highest BCUT2D eigenvalue weighted by Crippen LogP contribution is 2.47. The minimum absolute atomic E-state index is 0.0225. The zero-order chi connectivity index (χ0) is 21.3. The van der Waals surface area contributed by atoms with Crippen LogP contribution < -0.4 is 0 Å². The Morgan fingerprint density at radius 1 is 0.903 bits per heavy atom. The Hall–Kier alpha value is -2.17. The average Bonchev–Trinajstić information content (AvgIpc) is 3.28. The third-order valence-corrected chi connectivity index (χ3v) is 7.91. The fourth-order valence-electron chi connectivity index (χ4n) is 6.35. The molecule has 4 heteroatoms.